The lowest BCUT2D eigenvalue weighted by Crippen LogP contribution is -2.20. The highest BCUT2D eigenvalue weighted by molar-refractivity contribution is 6.09. The van der Waals surface area contributed by atoms with Crippen molar-refractivity contribution in [3.8, 4) is 0 Å². The number of H-pyrrole nitrogens is 1. The zero-order valence-corrected chi connectivity index (χ0v) is 9.89. The molecular formula is C11H9F2N5O2. The number of nitrogens with zero attached hydrogens (tertiary/aromatic N) is 2. The van der Waals surface area contributed by atoms with Gasteiger partial charge in [0.1, 0.15) is 23.0 Å². The second-order valence-corrected chi connectivity index (χ2v) is 3.69. The molecule has 0 aliphatic heterocycles. The number of carbonyl (C=O) groups is 1. The van der Waals surface area contributed by atoms with E-state index in [0.29, 0.717) is 0 Å². The van der Waals surface area contributed by atoms with Crippen LogP contribution in [0, 0.1) is 11.6 Å². The minimum Gasteiger partial charge on any atom is -0.409 e. The second-order valence-electron chi connectivity index (χ2n) is 3.69. The van der Waals surface area contributed by atoms with Crippen molar-refractivity contribution in [2.75, 3.05) is 5.32 Å². The number of rotatable bonds is 3. The number of nitrogens with two attached hydrogens (primary N) is 1. The van der Waals surface area contributed by atoms with Crippen LogP contribution in [-0.4, -0.2) is 27.1 Å². The van der Waals surface area contributed by atoms with Gasteiger partial charge in [-0.3, -0.25) is 9.89 Å². The molecule has 9 heteroatoms. The molecule has 1 amide bonds. The minimum atomic E-state index is -1.03. The molecule has 0 unspecified atom stereocenters. The van der Waals surface area contributed by atoms with Gasteiger partial charge in [0.15, 0.2) is 5.84 Å². The first-order valence-corrected chi connectivity index (χ1v) is 5.31. The molecule has 0 bridgehead atoms. The molecule has 0 radical (unpaired) electrons. The van der Waals surface area contributed by atoms with Gasteiger partial charge in [0.05, 0.1) is 11.8 Å². The van der Waals surface area contributed by atoms with Crippen LogP contribution >= 0.6 is 0 Å². The van der Waals surface area contributed by atoms with Crippen LogP contribution in [0.4, 0.5) is 14.6 Å². The number of carbonyl (C=O) groups excluding carboxylic acids is 1. The zero-order valence-electron chi connectivity index (χ0n) is 9.89. The van der Waals surface area contributed by atoms with E-state index in [1.807, 2.05) is 0 Å². The number of halogens is 2. The summed E-state index contributed by atoms with van der Waals surface area (Å²) >= 11 is 0. The number of oxime groups is 1. The molecule has 0 saturated carbocycles. The molecule has 2 aromatic rings. The quantitative estimate of drug-likeness (QED) is 0.291. The van der Waals surface area contributed by atoms with Crippen LogP contribution in [0.5, 0.6) is 0 Å². The lowest BCUT2D eigenvalue weighted by atomic mass is 10.2. The number of aromatic amines is 1. The van der Waals surface area contributed by atoms with Crippen molar-refractivity contribution in [3.63, 3.8) is 0 Å². The van der Waals surface area contributed by atoms with Gasteiger partial charge in [-0.05, 0) is 12.1 Å². The highest BCUT2D eigenvalue weighted by atomic mass is 19.1. The normalized spacial score (nSPS) is 11.4. The zero-order chi connectivity index (χ0) is 14.7. The first-order valence-electron chi connectivity index (χ1n) is 5.31. The van der Waals surface area contributed by atoms with E-state index in [2.05, 4.69) is 20.7 Å². The van der Waals surface area contributed by atoms with E-state index >= 15 is 0 Å². The Morgan fingerprint density at radius 2 is 2.05 bits per heavy atom. The van der Waals surface area contributed by atoms with Crippen LogP contribution in [0.1, 0.15) is 15.9 Å². The van der Waals surface area contributed by atoms with E-state index in [9.17, 15) is 13.6 Å². The molecule has 0 fully saturated rings. The summed E-state index contributed by atoms with van der Waals surface area (Å²) in [4.78, 5) is 11.8. The van der Waals surface area contributed by atoms with Crippen LogP contribution in [0.15, 0.2) is 29.6 Å². The van der Waals surface area contributed by atoms with Crippen molar-refractivity contribution < 1.29 is 18.8 Å². The number of benzene rings is 1. The first-order chi connectivity index (χ1) is 9.54. The second kappa shape index (κ2) is 5.34. The Morgan fingerprint density at radius 3 is 2.65 bits per heavy atom. The molecular weight excluding hydrogens is 272 g/mol. The Morgan fingerprint density at radius 1 is 1.40 bits per heavy atom. The van der Waals surface area contributed by atoms with Crippen LogP contribution in [0.2, 0.25) is 0 Å². The summed E-state index contributed by atoms with van der Waals surface area (Å²) in [6, 6.07) is 3.05. The predicted molar refractivity (Wildman–Crippen MR) is 65.4 cm³/mol. The van der Waals surface area contributed by atoms with Gasteiger partial charge in [-0.25, -0.2) is 8.78 Å². The van der Waals surface area contributed by atoms with Gasteiger partial charge in [-0.2, -0.15) is 5.10 Å². The summed E-state index contributed by atoms with van der Waals surface area (Å²) in [6.45, 7) is 0. The number of anilines is 1. The van der Waals surface area contributed by atoms with Crippen LogP contribution < -0.4 is 11.1 Å². The summed E-state index contributed by atoms with van der Waals surface area (Å²) < 4.78 is 26.9. The number of nitrogens with one attached hydrogen (secondary N) is 2. The Hall–Kier alpha value is -2.97. The van der Waals surface area contributed by atoms with E-state index in [-0.39, 0.29) is 17.2 Å². The van der Waals surface area contributed by atoms with Gasteiger partial charge in [0.2, 0.25) is 0 Å². The molecule has 1 aromatic carbocycles. The maximum absolute atomic E-state index is 13.4. The van der Waals surface area contributed by atoms with Crippen molar-refractivity contribution >= 4 is 17.6 Å². The standard InChI is InChI=1S/C11H9F2N5O2/c12-6-2-1-3-7(13)8(6)11(19)16-10-5(4-15-17-10)9(14)18-20/h1-4,20H,(H2,14,18)(H2,15,16,17,19). The fraction of sp³-hybridized carbons (Fsp3) is 0. The fourth-order valence-corrected chi connectivity index (χ4v) is 1.52. The Bertz CT molecular complexity index is 663. The molecule has 104 valence electrons. The van der Waals surface area contributed by atoms with E-state index in [0.717, 1.165) is 18.2 Å². The van der Waals surface area contributed by atoms with E-state index < -0.39 is 23.1 Å². The topological polar surface area (TPSA) is 116 Å². The Kier molecular flexibility index (Phi) is 3.60. The van der Waals surface area contributed by atoms with Gasteiger partial charge < -0.3 is 16.3 Å². The van der Waals surface area contributed by atoms with Crippen molar-refractivity contribution in [2.45, 2.75) is 0 Å². The van der Waals surface area contributed by atoms with Crippen LogP contribution in [0.3, 0.4) is 0 Å². The summed E-state index contributed by atoms with van der Waals surface area (Å²) in [7, 11) is 0. The molecule has 0 atom stereocenters. The third-order valence-corrected chi connectivity index (χ3v) is 2.45. The molecule has 5 N–H and O–H groups in total. The predicted octanol–water partition coefficient (Wildman–Crippen LogP) is 1.03. The average Bonchev–Trinajstić information content (AvgIpc) is 2.85. The van der Waals surface area contributed by atoms with Crippen molar-refractivity contribution in [1.82, 2.24) is 10.2 Å². The number of amides is 1. The summed E-state index contributed by atoms with van der Waals surface area (Å²) in [5.41, 5.74) is 4.69. The van der Waals surface area contributed by atoms with Gasteiger partial charge in [-0.1, -0.05) is 11.2 Å². The SMILES string of the molecule is NC(=NO)c1cn[nH]c1NC(=O)c1c(F)cccc1F. The molecule has 0 aliphatic carbocycles. The molecule has 20 heavy (non-hydrogen) atoms. The van der Waals surface area contributed by atoms with Gasteiger partial charge in [-0.15, -0.1) is 0 Å². The Balaban J connectivity index is 2.32. The highest BCUT2D eigenvalue weighted by Gasteiger charge is 2.19. The summed E-state index contributed by atoms with van der Waals surface area (Å²) in [6.07, 6.45) is 1.18. The monoisotopic (exact) mass is 281 g/mol. The van der Waals surface area contributed by atoms with Crippen molar-refractivity contribution in [3.05, 3.63) is 47.2 Å². The maximum atomic E-state index is 13.4. The Labute approximate surface area is 111 Å². The van der Waals surface area contributed by atoms with E-state index in [4.69, 9.17) is 10.9 Å². The lowest BCUT2D eigenvalue weighted by Gasteiger charge is -2.06. The number of hydrogen-bond acceptors (Lipinski definition) is 4. The average molecular weight is 281 g/mol. The summed E-state index contributed by atoms with van der Waals surface area (Å²) in [5, 5.41) is 19.4. The lowest BCUT2D eigenvalue weighted by molar-refractivity contribution is 0.101. The van der Waals surface area contributed by atoms with Gasteiger partial charge in [0.25, 0.3) is 5.91 Å². The molecule has 0 aliphatic rings. The molecule has 2 rings (SSSR count). The first kappa shape index (κ1) is 13.5. The number of hydrogen-bond donors (Lipinski definition) is 4. The third-order valence-electron chi connectivity index (χ3n) is 2.45. The van der Waals surface area contributed by atoms with Gasteiger partial charge in [0, 0.05) is 0 Å². The minimum absolute atomic E-state index is 0.0482. The smallest absolute Gasteiger partial charge is 0.262 e. The molecule has 0 saturated heterocycles. The highest BCUT2D eigenvalue weighted by Crippen LogP contribution is 2.16. The van der Waals surface area contributed by atoms with Crippen LogP contribution in [-0.2, 0) is 0 Å². The van der Waals surface area contributed by atoms with Crippen molar-refractivity contribution in [2.24, 2.45) is 10.9 Å². The molecule has 0 spiro atoms. The van der Waals surface area contributed by atoms with Gasteiger partial charge >= 0.3 is 0 Å². The number of aromatic nitrogens is 2. The van der Waals surface area contributed by atoms with E-state index in [1.54, 1.807) is 0 Å². The molecule has 1 heterocycles. The molecule has 7 nitrogen and oxygen atoms in total. The van der Waals surface area contributed by atoms with Crippen molar-refractivity contribution in [1.29, 1.82) is 0 Å². The van der Waals surface area contributed by atoms with E-state index in [1.165, 1.54) is 6.20 Å². The van der Waals surface area contributed by atoms with Crippen LogP contribution in [0.25, 0.3) is 0 Å². The maximum Gasteiger partial charge on any atom is 0.262 e. The molecule has 1 aromatic heterocycles. The third kappa shape index (κ3) is 2.41. The summed E-state index contributed by atoms with van der Waals surface area (Å²) in [5.74, 6) is -3.41. The number of amidine groups is 1. The fourth-order valence-electron chi connectivity index (χ4n) is 1.52. The largest absolute Gasteiger partial charge is 0.409 e.